The van der Waals surface area contributed by atoms with Crippen molar-refractivity contribution in [1.82, 2.24) is 9.97 Å². The summed E-state index contributed by atoms with van der Waals surface area (Å²) < 4.78 is 1.69. The molecule has 2 nitrogen and oxygen atoms in total. The van der Waals surface area contributed by atoms with Gasteiger partial charge in [-0.2, -0.15) is 0 Å². The number of nitrogens with zero attached hydrogens (tertiary/aromatic N) is 2. The van der Waals surface area contributed by atoms with Crippen LogP contribution in [0.1, 0.15) is 0 Å². The van der Waals surface area contributed by atoms with Crippen LogP contribution in [0.4, 0.5) is 0 Å². The first kappa shape index (κ1) is 13.5. The highest BCUT2D eigenvalue weighted by Crippen LogP contribution is 2.25. The third-order valence-electron chi connectivity index (χ3n) is 3.01. The minimum Gasteiger partial charge on any atom is -0.249 e. The molecule has 4 heteroatoms. The lowest BCUT2D eigenvalue weighted by Crippen LogP contribution is -1.83. The fourth-order valence-electron chi connectivity index (χ4n) is 1.95. The molecule has 0 radical (unpaired) electrons. The molecular formula is C16H10Br2N2. The molecule has 2 aromatic heterocycles. The predicted molar refractivity (Wildman–Crippen MR) is 88.3 cm³/mol. The van der Waals surface area contributed by atoms with E-state index >= 15 is 0 Å². The Balaban J connectivity index is 1.91. The van der Waals surface area contributed by atoms with Crippen LogP contribution in [-0.2, 0) is 0 Å². The quantitative estimate of drug-likeness (QED) is 0.553. The Morgan fingerprint density at radius 3 is 1.15 bits per heavy atom. The fraction of sp³-hybridized carbons (Fsp3) is 0. The van der Waals surface area contributed by atoms with E-state index in [9.17, 15) is 0 Å². The molecule has 98 valence electrons. The first-order valence-electron chi connectivity index (χ1n) is 6.06. The van der Waals surface area contributed by atoms with Crippen LogP contribution in [-0.4, -0.2) is 9.97 Å². The Kier molecular flexibility index (Phi) is 3.94. The maximum Gasteiger partial charge on any atom is 0.106 e. The largest absolute Gasteiger partial charge is 0.249 e. The number of hydrogen-bond donors (Lipinski definition) is 0. The van der Waals surface area contributed by atoms with Gasteiger partial charge in [0.15, 0.2) is 0 Å². The standard InChI is InChI=1S/C16H10Br2N2/c17-15-7-5-13(9-19-15)11-1-2-12(4-3-11)14-6-8-16(18)20-10-14/h1-10H. The molecule has 0 amide bonds. The van der Waals surface area contributed by atoms with Crippen LogP contribution in [0.3, 0.4) is 0 Å². The van der Waals surface area contributed by atoms with E-state index in [1.54, 1.807) is 0 Å². The lowest BCUT2D eigenvalue weighted by atomic mass is 10.0. The average molecular weight is 390 g/mol. The van der Waals surface area contributed by atoms with E-state index in [-0.39, 0.29) is 0 Å². The van der Waals surface area contributed by atoms with Crippen molar-refractivity contribution < 1.29 is 0 Å². The Hall–Kier alpha value is -1.52. The molecule has 0 aliphatic heterocycles. The number of rotatable bonds is 2. The summed E-state index contributed by atoms with van der Waals surface area (Å²) in [6.45, 7) is 0. The van der Waals surface area contributed by atoms with Crippen LogP contribution < -0.4 is 0 Å². The molecule has 0 bridgehead atoms. The van der Waals surface area contributed by atoms with E-state index < -0.39 is 0 Å². The van der Waals surface area contributed by atoms with Crippen LogP contribution >= 0.6 is 31.9 Å². The monoisotopic (exact) mass is 388 g/mol. The lowest BCUT2D eigenvalue weighted by Gasteiger charge is -2.05. The molecule has 0 unspecified atom stereocenters. The zero-order valence-corrected chi connectivity index (χ0v) is 13.6. The van der Waals surface area contributed by atoms with Crippen molar-refractivity contribution in [3.63, 3.8) is 0 Å². The van der Waals surface area contributed by atoms with E-state index in [1.165, 1.54) is 0 Å². The highest BCUT2D eigenvalue weighted by atomic mass is 79.9. The normalized spacial score (nSPS) is 10.5. The van der Waals surface area contributed by atoms with Gasteiger partial charge in [-0.15, -0.1) is 0 Å². The minimum absolute atomic E-state index is 0.846. The van der Waals surface area contributed by atoms with Gasteiger partial charge in [-0.1, -0.05) is 36.4 Å². The van der Waals surface area contributed by atoms with Crippen molar-refractivity contribution >= 4 is 31.9 Å². The maximum atomic E-state index is 4.25. The second-order valence-corrected chi connectivity index (χ2v) is 5.94. The van der Waals surface area contributed by atoms with Gasteiger partial charge in [0.2, 0.25) is 0 Å². The summed E-state index contributed by atoms with van der Waals surface area (Å²) in [7, 11) is 0. The van der Waals surface area contributed by atoms with E-state index in [2.05, 4.69) is 66.1 Å². The predicted octanol–water partition coefficient (Wildman–Crippen LogP) is 5.34. The summed E-state index contributed by atoms with van der Waals surface area (Å²) in [6.07, 6.45) is 3.72. The topological polar surface area (TPSA) is 25.8 Å². The summed E-state index contributed by atoms with van der Waals surface area (Å²) in [4.78, 5) is 8.49. The SMILES string of the molecule is Brc1ccc(-c2ccc(-c3ccc(Br)nc3)cc2)cn1. The van der Waals surface area contributed by atoms with Crippen molar-refractivity contribution in [2.45, 2.75) is 0 Å². The first-order chi connectivity index (χ1) is 9.72. The van der Waals surface area contributed by atoms with Gasteiger partial charge >= 0.3 is 0 Å². The van der Waals surface area contributed by atoms with Crippen molar-refractivity contribution in [2.24, 2.45) is 0 Å². The van der Waals surface area contributed by atoms with Crippen molar-refractivity contribution in [1.29, 1.82) is 0 Å². The molecule has 0 aliphatic rings. The molecule has 2 heterocycles. The number of aromatic nitrogens is 2. The van der Waals surface area contributed by atoms with Crippen LogP contribution in [0, 0.1) is 0 Å². The van der Waals surface area contributed by atoms with Crippen LogP contribution in [0.5, 0.6) is 0 Å². The summed E-state index contributed by atoms with van der Waals surface area (Å²) in [5.41, 5.74) is 4.51. The first-order valence-corrected chi connectivity index (χ1v) is 7.65. The molecule has 3 rings (SSSR count). The molecule has 3 aromatic rings. The third-order valence-corrected chi connectivity index (χ3v) is 3.94. The summed E-state index contributed by atoms with van der Waals surface area (Å²) >= 11 is 6.69. The van der Waals surface area contributed by atoms with E-state index in [0.717, 1.165) is 31.5 Å². The molecule has 0 fully saturated rings. The summed E-state index contributed by atoms with van der Waals surface area (Å²) in [5, 5.41) is 0. The second kappa shape index (κ2) is 5.85. The van der Waals surface area contributed by atoms with Gasteiger partial charge in [0.05, 0.1) is 0 Å². The van der Waals surface area contributed by atoms with Crippen molar-refractivity contribution in [3.8, 4) is 22.3 Å². The Morgan fingerprint density at radius 1 is 0.500 bits per heavy atom. The molecule has 0 N–H and O–H groups in total. The van der Waals surface area contributed by atoms with E-state index in [1.807, 2.05) is 36.7 Å². The summed E-state index contributed by atoms with van der Waals surface area (Å²) in [6, 6.07) is 16.4. The highest BCUT2D eigenvalue weighted by Gasteiger charge is 2.01. The van der Waals surface area contributed by atoms with Gasteiger partial charge < -0.3 is 0 Å². The van der Waals surface area contributed by atoms with Gasteiger partial charge in [-0.25, -0.2) is 9.97 Å². The molecule has 1 aromatic carbocycles. The highest BCUT2D eigenvalue weighted by molar-refractivity contribution is 9.10. The lowest BCUT2D eigenvalue weighted by molar-refractivity contribution is 1.27. The maximum absolute atomic E-state index is 4.25. The van der Waals surface area contributed by atoms with Gasteiger partial charge in [0.25, 0.3) is 0 Å². The Bertz CT molecular complexity index is 640. The van der Waals surface area contributed by atoms with Gasteiger partial charge in [0, 0.05) is 23.5 Å². The number of pyridine rings is 2. The Labute approximate surface area is 134 Å². The van der Waals surface area contributed by atoms with Crippen LogP contribution in [0.2, 0.25) is 0 Å². The van der Waals surface area contributed by atoms with Crippen molar-refractivity contribution in [2.75, 3.05) is 0 Å². The zero-order valence-electron chi connectivity index (χ0n) is 10.4. The van der Waals surface area contributed by atoms with E-state index in [0.29, 0.717) is 0 Å². The van der Waals surface area contributed by atoms with Gasteiger partial charge in [0.1, 0.15) is 9.21 Å². The number of halogens is 2. The minimum atomic E-state index is 0.846. The Morgan fingerprint density at radius 2 is 0.850 bits per heavy atom. The molecule has 0 saturated carbocycles. The summed E-state index contributed by atoms with van der Waals surface area (Å²) in [5.74, 6) is 0. The molecule has 0 atom stereocenters. The molecule has 0 saturated heterocycles. The molecule has 0 spiro atoms. The van der Waals surface area contributed by atoms with Crippen molar-refractivity contribution in [3.05, 3.63) is 70.1 Å². The van der Waals surface area contributed by atoms with Gasteiger partial charge in [-0.05, 0) is 55.1 Å². The molecule has 0 aliphatic carbocycles. The fourth-order valence-corrected chi connectivity index (χ4v) is 2.42. The van der Waals surface area contributed by atoms with E-state index in [4.69, 9.17) is 0 Å². The zero-order chi connectivity index (χ0) is 13.9. The molecular weight excluding hydrogens is 380 g/mol. The number of benzene rings is 1. The third kappa shape index (κ3) is 2.97. The van der Waals surface area contributed by atoms with Crippen LogP contribution in [0.15, 0.2) is 70.1 Å². The second-order valence-electron chi connectivity index (χ2n) is 4.32. The smallest absolute Gasteiger partial charge is 0.106 e. The van der Waals surface area contributed by atoms with Gasteiger partial charge in [-0.3, -0.25) is 0 Å². The van der Waals surface area contributed by atoms with Crippen LogP contribution in [0.25, 0.3) is 22.3 Å². The number of hydrogen-bond acceptors (Lipinski definition) is 2. The molecule has 20 heavy (non-hydrogen) atoms. The average Bonchev–Trinajstić information content (AvgIpc) is 2.49.